The Morgan fingerprint density at radius 3 is 2.56 bits per heavy atom. The maximum absolute atomic E-state index is 11.4. The molecule has 0 N–H and O–H groups in total. The molecule has 0 spiro atoms. The van der Waals surface area contributed by atoms with Crippen molar-refractivity contribution in [3.8, 4) is 0 Å². The van der Waals surface area contributed by atoms with Gasteiger partial charge in [-0.15, -0.1) is 0 Å². The van der Waals surface area contributed by atoms with Gasteiger partial charge in [0.2, 0.25) is 0 Å². The number of benzene rings is 1. The van der Waals surface area contributed by atoms with Crippen molar-refractivity contribution in [1.29, 1.82) is 0 Å². The summed E-state index contributed by atoms with van der Waals surface area (Å²) in [6.45, 7) is 0.154. The van der Waals surface area contributed by atoms with Crippen LogP contribution in [0.1, 0.15) is 10.4 Å². The number of non-ortho nitro benzene ring substituents is 1. The highest BCUT2D eigenvalue weighted by Crippen LogP contribution is 2.12. The molecule has 0 unspecified atom stereocenters. The molecule has 0 aliphatic heterocycles. The van der Waals surface area contributed by atoms with E-state index in [0.717, 1.165) is 0 Å². The summed E-state index contributed by atoms with van der Waals surface area (Å²) in [7, 11) is 0. The Bertz CT molecular complexity index is 413. The van der Waals surface area contributed by atoms with Gasteiger partial charge < -0.3 is 4.74 Å². The summed E-state index contributed by atoms with van der Waals surface area (Å²) in [6.07, 6.45) is 1.61. The van der Waals surface area contributed by atoms with Crippen molar-refractivity contribution in [2.45, 2.75) is 0 Å². The molecule has 0 heterocycles. The lowest BCUT2D eigenvalue weighted by Crippen LogP contribution is -2.04. The summed E-state index contributed by atoms with van der Waals surface area (Å²) in [4.78, 5) is 22.8. The third-order valence-corrected chi connectivity index (χ3v) is 2.09. The van der Waals surface area contributed by atoms with Crippen LogP contribution in [0.3, 0.4) is 0 Å². The summed E-state index contributed by atoms with van der Waals surface area (Å²) < 4.78 is 4.84. The minimum absolute atomic E-state index is 0.0584. The van der Waals surface area contributed by atoms with Crippen molar-refractivity contribution in [1.82, 2.24) is 0 Å². The van der Waals surface area contributed by atoms with E-state index in [2.05, 4.69) is 15.9 Å². The van der Waals surface area contributed by atoms with Crippen LogP contribution in [0, 0.1) is 10.1 Å². The van der Waals surface area contributed by atoms with Crippen molar-refractivity contribution >= 4 is 27.6 Å². The molecule has 0 aromatic heterocycles. The molecule has 0 amide bonds. The zero-order valence-electron chi connectivity index (χ0n) is 8.13. The molecular formula is C10H8BrNO4. The maximum atomic E-state index is 11.4. The highest BCUT2D eigenvalue weighted by atomic mass is 79.9. The third kappa shape index (κ3) is 3.47. The first-order valence-corrected chi connectivity index (χ1v) is 5.23. The fourth-order valence-electron chi connectivity index (χ4n) is 0.963. The molecule has 5 nitrogen and oxygen atoms in total. The van der Waals surface area contributed by atoms with E-state index in [-0.39, 0.29) is 17.9 Å². The molecule has 0 atom stereocenters. The molecule has 16 heavy (non-hydrogen) atoms. The predicted molar refractivity (Wildman–Crippen MR) is 61.4 cm³/mol. The number of rotatable bonds is 4. The van der Waals surface area contributed by atoms with Gasteiger partial charge in [-0.1, -0.05) is 15.9 Å². The Balaban J connectivity index is 2.66. The minimum Gasteiger partial charge on any atom is -0.458 e. The molecule has 0 saturated carbocycles. The lowest BCUT2D eigenvalue weighted by Gasteiger charge is -2.00. The van der Waals surface area contributed by atoms with Crippen molar-refractivity contribution in [2.24, 2.45) is 0 Å². The number of esters is 1. The van der Waals surface area contributed by atoms with Crippen LogP contribution in [0.2, 0.25) is 0 Å². The van der Waals surface area contributed by atoms with E-state index in [0.29, 0.717) is 0 Å². The summed E-state index contributed by atoms with van der Waals surface area (Å²) >= 11 is 3.03. The molecule has 84 valence electrons. The van der Waals surface area contributed by atoms with Gasteiger partial charge in [-0.3, -0.25) is 10.1 Å². The van der Waals surface area contributed by atoms with Crippen molar-refractivity contribution in [3.63, 3.8) is 0 Å². The molecular weight excluding hydrogens is 278 g/mol. The lowest BCUT2D eigenvalue weighted by molar-refractivity contribution is -0.384. The number of carbonyl (C=O) groups is 1. The van der Waals surface area contributed by atoms with Crippen molar-refractivity contribution in [2.75, 3.05) is 6.61 Å². The monoisotopic (exact) mass is 285 g/mol. The molecule has 6 heteroatoms. The lowest BCUT2D eigenvalue weighted by atomic mass is 10.2. The standard InChI is InChI=1S/C10H8BrNO4/c11-6-1-7-16-10(13)8-2-4-9(5-3-8)12(14)15/h1-6H,7H2. The SMILES string of the molecule is O=C(OCC=CBr)c1ccc([N+](=O)[O-])cc1. The largest absolute Gasteiger partial charge is 0.458 e. The van der Waals surface area contributed by atoms with Gasteiger partial charge in [-0.25, -0.2) is 4.79 Å². The van der Waals surface area contributed by atoms with Gasteiger partial charge >= 0.3 is 5.97 Å². The molecule has 0 aliphatic rings. The molecule has 1 aromatic carbocycles. The van der Waals surface area contributed by atoms with E-state index in [9.17, 15) is 14.9 Å². The number of nitro groups is 1. The minimum atomic E-state index is -0.525. The fourth-order valence-corrected chi connectivity index (χ4v) is 1.12. The number of nitrogens with zero attached hydrogens (tertiary/aromatic N) is 1. The van der Waals surface area contributed by atoms with Crippen LogP contribution in [0.15, 0.2) is 35.3 Å². The van der Waals surface area contributed by atoms with Gasteiger partial charge in [-0.05, 0) is 23.2 Å². The third-order valence-electron chi connectivity index (χ3n) is 1.71. The first-order valence-electron chi connectivity index (χ1n) is 4.32. The van der Waals surface area contributed by atoms with Gasteiger partial charge in [0.25, 0.3) is 5.69 Å². The van der Waals surface area contributed by atoms with Crippen LogP contribution in [0.4, 0.5) is 5.69 Å². The van der Waals surface area contributed by atoms with Gasteiger partial charge in [0, 0.05) is 12.1 Å². The average molecular weight is 286 g/mol. The first kappa shape index (κ1) is 12.4. The van der Waals surface area contributed by atoms with Gasteiger partial charge in [0.05, 0.1) is 10.5 Å². The number of nitro benzene ring substituents is 1. The van der Waals surface area contributed by atoms with Gasteiger partial charge in [0.1, 0.15) is 6.61 Å². The first-order chi connectivity index (χ1) is 7.65. The van der Waals surface area contributed by atoms with Crippen LogP contribution >= 0.6 is 15.9 Å². The molecule has 0 aliphatic carbocycles. The number of hydrogen-bond acceptors (Lipinski definition) is 4. The Labute approximate surface area is 100.0 Å². The number of hydrogen-bond donors (Lipinski definition) is 0. The van der Waals surface area contributed by atoms with E-state index < -0.39 is 10.9 Å². The smallest absolute Gasteiger partial charge is 0.338 e. The van der Waals surface area contributed by atoms with Gasteiger partial charge in [0.15, 0.2) is 0 Å². The Morgan fingerprint density at radius 1 is 1.44 bits per heavy atom. The Morgan fingerprint density at radius 2 is 2.06 bits per heavy atom. The summed E-state index contributed by atoms with van der Waals surface area (Å²) in [5, 5.41) is 10.4. The summed E-state index contributed by atoms with van der Waals surface area (Å²) in [5.74, 6) is -0.513. The zero-order valence-corrected chi connectivity index (χ0v) is 9.72. The van der Waals surface area contributed by atoms with Crippen LogP contribution < -0.4 is 0 Å². The molecule has 0 bridgehead atoms. The van der Waals surface area contributed by atoms with E-state index in [4.69, 9.17) is 4.74 Å². The van der Waals surface area contributed by atoms with E-state index >= 15 is 0 Å². The average Bonchev–Trinajstić information content (AvgIpc) is 2.29. The summed E-state index contributed by atoms with van der Waals surface area (Å²) in [6, 6.07) is 5.24. The zero-order chi connectivity index (χ0) is 12.0. The van der Waals surface area contributed by atoms with Crippen LogP contribution in [0.5, 0.6) is 0 Å². The van der Waals surface area contributed by atoms with E-state index in [1.165, 1.54) is 24.3 Å². The van der Waals surface area contributed by atoms with Crippen LogP contribution in [0.25, 0.3) is 0 Å². The summed E-state index contributed by atoms with van der Waals surface area (Å²) in [5.41, 5.74) is 0.227. The topological polar surface area (TPSA) is 69.4 Å². The van der Waals surface area contributed by atoms with Crippen molar-refractivity contribution in [3.05, 3.63) is 51.0 Å². The van der Waals surface area contributed by atoms with E-state index in [1.807, 2.05) is 0 Å². The Kier molecular flexibility index (Phi) is 4.65. The second kappa shape index (κ2) is 6.02. The second-order valence-electron chi connectivity index (χ2n) is 2.76. The number of ether oxygens (including phenoxy) is 1. The highest BCUT2D eigenvalue weighted by molar-refractivity contribution is 9.11. The van der Waals surface area contributed by atoms with Gasteiger partial charge in [-0.2, -0.15) is 0 Å². The maximum Gasteiger partial charge on any atom is 0.338 e. The Hall–Kier alpha value is -1.69. The highest BCUT2D eigenvalue weighted by Gasteiger charge is 2.09. The van der Waals surface area contributed by atoms with Crippen LogP contribution in [-0.2, 0) is 4.74 Å². The second-order valence-corrected chi connectivity index (χ2v) is 3.29. The molecule has 1 rings (SSSR count). The quantitative estimate of drug-likeness (QED) is 0.484. The molecule has 0 radical (unpaired) electrons. The van der Waals surface area contributed by atoms with Crippen molar-refractivity contribution < 1.29 is 14.5 Å². The normalized spacial score (nSPS) is 10.3. The molecule has 0 saturated heterocycles. The fraction of sp³-hybridized carbons (Fsp3) is 0.100. The predicted octanol–water partition coefficient (Wildman–Crippen LogP) is 2.66. The molecule has 0 fully saturated rings. The van der Waals surface area contributed by atoms with E-state index in [1.54, 1.807) is 11.1 Å². The number of carbonyl (C=O) groups excluding carboxylic acids is 1. The van der Waals surface area contributed by atoms with Crippen LogP contribution in [-0.4, -0.2) is 17.5 Å². The number of halogens is 1. The molecule has 1 aromatic rings.